The lowest BCUT2D eigenvalue weighted by atomic mass is 9.83. The first kappa shape index (κ1) is 13.4. The third-order valence-corrected chi connectivity index (χ3v) is 4.33. The second-order valence-electron chi connectivity index (χ2n) is 6.03. The van der Waals surface area contributed by atoms with Gasteiger partial charge < -0.3 is 15.4 Å². The highest BCUT2D eigenvalue weighted by Crippen LogP contribution is 2.36. The molecule has 1 aromatic rings. The number of nitrogens with two attached hydrogens (primary N) is 1. The van der Waals surface area contributed by atoms with Gasteiger partial charge in [0, 0.05) is 18.7 Å². The first-order valence-corrected chi connectivity index (χ1v) is 7.42. The molecule has 0 aliphatic carbocycles. The normalized spacial score (nSPS) is 23.5. The van der Waals surface area contributed by atoms with Crippen LogP contribution in [0.25, 0.3) is 0 Å². The molecule has 0 bridgehead atoms. The average molecular weight is 274 g/mol. The van der Waals surface area contributed by atoms with Crippen molar-refractivity contribution in [1.82, 2.24) is 4.90 Å². The molecule has 2 heterocycles. The molecule has 1 atom stereocenters. The molecule has 1 saturated heterocycles. The molecular formula is C16H22N2O2. The van der Waals surface area contributed by atoms with E-state index in [1.165, 1.54) is 0 Å². The zero-order chi connectivity index (χ0) is 14.2. The second-order valence-corrected chi connectivity index (χ2v) is 6.03. The summed E-state index contributed by atoms with van der Waals surface area (Å²) in [5, 5.41) is 0. The zero-order valence-electron chi connectivity index (χ0n) is 12.0. The van der Waals surface area contributed by atoms with Gasteiger partial charge in [0.2, 0.25) is 5.91 Å². The van der Waals surface area contributed by atoms with Crippen molar-refractivity contribution in [3.05, 3.63) is 29.8 Å². The van der Waals surface area contributed by atoms with E-state index >= 15 is 0 Å². The molecule has 1 unspecified atom stereocenters. The van der Waals surface area contributed by atoms with Crippen LogP contribution in [0, 0.1) is 0 Å². The van der Waals surface area contributed by atoms with Crippen molar-refractivity contribution in [3.8, 4) is 5.75 Å². The van der Waals surface area contributed by atoms with Gasteiger partial charge in [-0.3, -0.25) is 4.79 Å². The lowest BCUT2D eigenvalue weighted by Crippen LogP contribution is -2.69. The van der Waals surface area contributed by atoms with Crippen molar-refractivity contribution < 1.29 is 9.53 Å². The van der Waals surface area contributed by atoms with Crippen LogP contribution in [-0.2, 0) is 4.79 Å². The number of rotatable bonds is 3. The quantitative estimate of drug-likeness (QED) is 0.915. The van der Waals surface area contributed by atoms with Crippen molar-refractivity contribution in [2.24, 2.45) is 5.73 Å². The van der Waals surface area contributed by atoms with E-state index in [2.05, 4.69) is 6.92 Å². The topological polar surface area (TPSA) is 55.6 Å². The first-order valence-electron chi connectivity index (χ1n) is 7.42. The Morgan fingerprint density at radius 2 is 2.20 bits per heavy atom. The molecule has 1 fully saturated rings. The zero-order valence-corrected chi connectivity index (χ0v) is 12.0. The molecule has 2 N–H and O–H groups in total. The molecule has 0 spiro atoms. The van der Waals surface area contributed by atoms with E-state index in [1.807, 2.05) is 29.2 Å². The Morgan fingerprint density at radius 1 is 1.45 bits per heavy atom. The molecule has 0 aromatic heterocycles. The number of para-hydroxylation sites is 1. The third-order valence-electron chi connectivity index (χ3n) is 4.33. The van der Waals surface area contributed by atoms with Crippen LogP contribution in [0.1, 0.15) is 37.7 Å². The Morgan fingerprint density at radius 3 is 2.95 bits per heavy atom. The van der Waals surface area contributed by atoms with Crippen molar-refractivity contribution in [2.45, 2.75) is 37.6 Å². The summed E-state index contributed by atoms with van der Waals surface area (Å²) in [6.45, 7) is 4.14. The lowest BCUT2D eigenvalue weighted by Gasteiger charge is -2.49. The Labute approximate surface area is 119 Å². The summed E-state index contributed by atoms with van der Waals surface area (Å²) in [6, 6.07) is 7.85. The minimum Gasteiger partial charge on any atom is -0.493 e. The Hall–Kier alpha value is -1.55. The number of hydrogen-bond acceptors (Lipinski definition) is 3. The van der Waals surface area contributed by atoms with Gasteiger partial charge >= 0.3 is 0 Å². The summed E-state index contributed by atoms with van der Waals surface area (Å²) in [7, 11) is 0. The predicted molar refractivity (Wildman–Crippen MR) is 77.7 cm³/mol. The van der Waals surface area contributed by atoms with Gasteiger partial charge in [-0.1, -0.05) is 31.5 Å². The molecule has 4 nitrogen and oxygen atoms in total. The van der Waals surface area contributed by atoms with Crippen molar-refractivity contribution in [2.75, 3.05) is 19.7 Å². The van der Waals surface area contributed by atoms with Gasteiger partial charge in [-0.2, -0.15) is 0 Å². The van der Waals surface area contributed by atoms with Crippen molar-refractivity contribution >= 4 is 5.91 Å². The van der Waals surface area contributed by atoms with E-state index < -0.39 is 0 Å². The van der Waals surface area contributed by atoms with E-state index in [9.17, 15) is 4.79 Å². The largest absolute Gasteiger partial charge is 0.493 e. The highest BCUT2D eigenvalue weighted by molar-refractivity contribution is 5.85. The molecule has 2 aliphatic rings. The van der Waals surface area contributed by atoms with Gasteiger partial charge in [0.05, 0.1) is 18.1 Å². The molecule has 2 aliphatic heterocycles. The third kappa shape index (κ3) is 2.29. The molecule has 3 rings (SSSR count). The molecule has 0 saturated carbocycles. The summed E-state index contributed by atoms with van der Waals surface area (Å²) >= 11 is 0. The second kappa shape index (κ2) is 5.09. The van der Waals surface area contributed by atoms with Crippen LogP contribution in [0.4, 0.5) is 0 Å². The van der Waals surface area contributed by atoms with Gasteiger partial charge in [-0.25, -0.2) is 0 Å². The number of carbonyl (C=O) groups excluding carboxylic acids is 1. The van der Waals surface area contributed by atoms with Crippen LogP contribution in [0.5, 0.6) is 5.75 Å². The maximum Gasteiger partial charge on any atom is 0.230 e. The van der Waals surface area contributed by atoms with E-state index in [-0.39, 0.29) is 17.4 Å². The van der Waals surface area contributed by atoms with Crippen molar-refractivity contribution in [1.29, 1.82) is 0 Å². The number of amides is 1. The molecule has 1 amide bonds. The molecule has 0 radical (unpaired) electrons. The maximum atomic E-state index is 12.6. The number of hydrogen-bond donors (Lipinski definition) is 1. The van der Waals surface area contributed by atoms with Crippen LogP contribution in [0.15, 0.2) is 24.3 Å². The maximum absolute atomic E-state index is 12.6. The highest BCUT2D eigenvalue weighted by Gasteiger charge is 2.43. The molecule has 20 heavy (non-hydrogen) atoms. The van der Waals surface area contributed by atoms with Gasteiger partial charge in [-0.15, -0.1) is 0 Å². The number of fused-ring (bicyclic) bond motifs is 1. The standard InChI is InChI=1S/C16H22N2O2/c1-2-8-16(17)10-18(11-16)15(19)13-7-9-20-14-6-4-3-5-12(13)14/h3-6,13H,2,7-11,17H2,1H3. The fourth-order valence-corrected chi connectivity index (χ4v) is 3.34. The molecular weight excluding hydrogens is 252 g/mol. The number of benzene rings is 1. The number of ether oxygens (including phenoxy) is 1. The van der Waals surface area contributed by atoms with E-state index in [0.29, 0.717) is 19.7 Å². The Bertz CT molecular complexity index is 509. The molecule has 1 aromatic carbocycles. The van der Waals surface area contributed by atoms with Crippen LogP contribution in [0.2, 0.25) is 0 Å². The minimum absolute atomic E-state index is 0.0638. The van der Waals surface area contributed by atoms with Crippen LogP contribution in [0.3, 0.4) is 0 Å². The predicted octanol–water partition coefficient (Wildman–Crippen LogP) is 1.89. The van der Waals surface area contributed by atoms with Crippen molar-refractivity contribution in [3.63, 3.8) is 0 Å². The summed E-state index contributed by atoms with van der Waals surface area (Å²) in [4.78, 5) is 14.6. The minimum atomic E-state index is -0.158. The summed E-state index contributed by atoms with van der Waals surface area (Å²) in [5.41, 5.74) is 7.11. The molecule has 4 heteroatoms. The van der Waals surface area contributed by atoms with E-state index in [4.69, 9.17) is 10.5 Å². The number of likely N-dealkylation sites (tertiary alicyclic amines) is 1. The average Bonchev–Trinajstić information content (AvgIpc) is 2.43. The van der Waals surface area contributed by atoms with Gasteiger partial charge in [0.15, 0.2) is 0 Å². The molecule has 108 valence electrons. The van der Waals surface area contributed by atoms with E-state index in [1.54, 1.807) is 0 Å². The Balaban J connectivity index is 1.71. The fraction of sp³-hybridized carbons (Fsp3) is 0.562. The lowest BCUT2D eigenvalue weighted by molar-refractivity contribution is -0.141. The number of carbonyl (C=O) groups is 1. The van der Waals surface area contributed by atoms with Gasteiger partial charge in [0.1, 0.15) is 5.75 Å². The summed E-state index contributed by atoms with van der Waals surface area (Å²) in [6.07, 6.45) is 2.82. The highest BCUT2D eigenvalue weighted by atomic mass is 16.5. The fourth-order valence-electron chi connectivity index (χ4n) is 3.34. The summed E-state index contributed by atoms with van der Waals surface area (Å²) in [5.74, 6) is 0.995. The van der Waals surface area contributed by atoms with Gasteiger partial charge in [0.25, 0.3) is 0 Å². The Kier molecular flexibility index (Phi) is 3.42. The first-order chi connectivity index (χ1) is 9.63. The number of nitrogens with zero attached hydrogens (tertiary/aromatic N) is 1. The van der Waals surface area contributed by atoms with Crippen LogP contribution >= 0.6 is 0 Å². The monoisotopic (exact) mass is 274 g/mol. The van der Waals surface area contributed by atoms with Crippen LogP contribution < -0.4 is 10.5 Å². The van der Waals surface area contributed by atoms with Gasteiger partial charge in [-0.05, 0) is 18.9 Å². The van der Waals surface area contributed by atoms with E-state index in [0.717, 1.165) is 30.6 Å². The smallest absolute Gasteiger partial charge is 0.230 e. The van der Waals surface area contributed by atoms with Crippen LogP contribution in [-0.4, -0.2) is 36.0 Å². The SMILES string of the molecule is CCCC1(N)CN(C(=O)C2CCOc3ccccc32)C1. The summed E-state index contributed by atoms with van der Waals surface area (Å²) < 4.78 is 5.62.